The number of nitrogens with one attached hydrogen (secondary N) is 1. The van der Waals surface area contributed by atoms with Crippen molar-refractivity contribution in [2.75, 3.05) is 13.1 Å². The number of rotatable bonds is 4. The molecule has 3 aromatic rings. The first-order valence-electron chi connectivity index (χ1n) is 9.95. The lowest BCUT2D eigenvalue weighted by Crippen LogP contribution is -2.43. The second-order valence-corrected chi connectivity index (χ2v) is 8.25. The fraction of sp³-hybridized carbons (Fsp3) is 0.375. The minimum atomic E-state index is -0.227. The Balaban J connectivity index is 1.80. The van der Waals surface area contributed by atoms with E-state index in [1.807, 2.05) is 43.3 Å². The van der Waals surface area contributed by atoms with E-state index in [2.05, 4.69) is 41.9 Å². The van der Waals surface area contributed by atoms with Gasteiger partial charge in [0.2, 0.25) is 0 Å². The lowest BCUT2D eigenvalue weighted by molar-refractivity contribution is 0.0648. The zero-order valence-electron chi connectivity index (χ0n) is 16.4. The van der Waals surface area contributed by atoms with E-state index in [9.17, 15) is 4.79 Å². The van der Waals surface area contributed by atoms with Gasteiger partial charge in [-0.15, -0.1) is 0 Å². The number of ketones is 1. The van der Waals surface area contributed by atoms with Crippen LogP contribution in [-0.4, -0.2) is 28.8 Å². The van der Waals surface area contributed by atoms with Crippen molar-refractivity contribution in [2.24, 2.45) is 11.8 Å². The summed E-state index contributed by atoms with van der Waals surface area (Å²) in [5.41, 5.74) is 3.92. The van der Waals surface area contributed by atoms with Crippen LogP contribution in [0.1, 0.15) is 47.9 Å². The Hall–Kier alpha value is -2.39. The van der Waals surface area contributed by atoms with Crippen LogP contribution in [0.5, 0.6) is 0 Å². The predicted octanol–water partition coefficient (Wildman–Crippen LogP) is 5.38. The number of para-hydroxylation sites is 1. The molecule has 2 heterocycles. The standard InChI is InChI=1S/C24H28N2O/c1-16-13-17(2)15-26(14-16)23(19-9-5-4-6-10-19)24(27)22-18(3)25-21-12-8-7-11-20(21)22/h4-12,16-17,23,25H,13-15H2,1-3H3/t16-,17+,23-/m1/s1. The van der Waals surface area contributed by atoms with Crippen LogP contribution < -0.4 is 0 Å². The topological polar surface area (TPSA) is 36.1 Å². The number of likely N-dealkylation sites (tertiary alicyclic amines) is 1. The molecule has 4 rings (SSSR count). The van der Waals surface area contributed by atoms with Crippen molar-refractivity contribution in [3.63, 3.8) is 0 Å². The maximum absolute atomic E-state index is 13.9. The molecule has 140 valence electrons. The maximum Gasteiger partial charge on any atom is 0.186 e. The van der Waals surface area contributed by atoms with Gasteiger partial charge in [-0.1, -0.05) is 62.4 Å². The molecule has 0 unspecified atom stereocenters. The Morgan fingerprint density at radius 2 is 1.63 bits per heavy atom. The number of nitrogens with zero attached hydrogens (tertiary/aromatic N) is 1. The molecule has 1 aliphatic heterocycles. The fourth-order valence-corrected chi connectivity index (χ4v) is 4.82. The van der Waals surface area contributed by atoms with Gasteiger partial charge in [0, 0.05) is 35.2 Å². The summed E-state index contributed by atoms with van der Waals surface area (Å²) in [5, 5.41) is 1.03. The average molecular weight is 361 g/mol. The summed E-state index contributed by atoms with van der Waals surface area (Å²) in [5.74, 6) is 1.42. The number of fused-ring (bicyclic) bond motifs is 1. The van der Waals surface area contributed by atoms with E-state index in [0.29, 0.717) is 11.8 Å². The monoisotopic (exact) mass is 360 g/mol. The Kier molecular flexibility index (Phi) is 4.88. The van der Waals surface area contributed by atoms with Crippen LogP contribution >= 0.6 is 0 Å². The van der Waals surface area contributed by atoms with Gasteiger partial charge in [0.05, 0.1) is 6.04 Å². The van der Waals surface area contributed by atoms with Crippen molar-refractivity contribution in [3.8, 4) is 0 Å². The number of benzene rings is 2. The second kappa shape index (κ2) is 7.32. The zero-order valence-corrected chi connectivity index (χ0v) is 16.4. The van der Waals surface area contributed by atoms with Crippen LogP contribution in [0.2, 0.25) is 0 Å². The summed E-state index contributed by atoms with van der Waals surface area (Å²) in [7, 11) is 0. The number of carbonyl (C=O) groups is 1. The van der Waals surface area contributed by atoms with E-state index >= 15 is 0 Å². The molecule has 1 aliphatic rings. The van der Waals surface area contributed by atoms with E-state index in [4.69, 9.17) is 0 Å². The summed E-state index contributed by atoms with van der Waals surface area (Å²) in [4.78, 5) is 19.7. The molecule has 2 aromatic carbocycles. The number of aromatic nitrogens is 1. The zero-order chi connectivity index (χ0) is 19.0. The van der Waals surface area contributed by atoms with E-state index in [-0.39, 0.29) is 11.8 Å². The fourth-order valence-electron chi connectivity index (χ4n) is 4.82. The first-order chi connectivity index (χ1) is 13.0. The molecule has 0 saturated carbocycles. The molecule has 1 fully saturated rings. The molecule has 3 nitrogen and oxygen atoms in total. The van der Waals surface area contributed by atoms with Crippen molar-refractivity contribution in [1.29, 1.82) is 0 Å². The van der Waals surface area contributed by atoms with Crippen molar-refractivity contribution >= 4 is 16.7 Å². The third kappa shape index (κ3) is 3.44. The van der Waals surface area contributed by atoms with Crippen LogP contribution in [0.25, 0.3) is 10.9 Å². The number of carbonyl (C=O) groups excluding carboxylic acids is 1. The highest BCUT2D eigenvalue weighted by atomic mass is 16.1. The minimum absolute atomic E-state index is 0.206. The first kappa shape index (κ1) is 18.0. The number of aryl methyl sites for hydroxylation is 1. The van der Waals surface area contributed by atoms with Gasteiger partial charge in [-0.05, 0) is 36.8 Å². The molecule has 1 N–H and O–H groups in total. The molecule has 0 spiro atoms. The number of H-pyrrole nitrogens is 1. The molecular weight excluding hydrogens is 332 g/mol. The summed E-state index contributed by atoms with van der Waals surface area (Å²) in [6.45, 7) is 8.54. The molecular formula is C24H28N2O. The van der Waals surface area contributed by atoms with Crippen LogP contribution in [0.15, 0.2) is 54.6 Å². The van der Waals surface area contributed by atoms with Gasteiger partial charge < -0.3 is 4.98 Å². The van der Waals surface area contributed by atoms with Gasteiger partial charge in [0.1, 0.15) is 0 Å². The molecule has 0 radical (unpaired) electrons. The van der Waals surface area contributed by atoms with Gasteiger partial charge in [-0.25, -0.2) is 0 Å². The minimum Gasteiger partial charge on any atom is -0.358 e. The summed E-state index contributed by atoms with van der Waals surface area (Å²) in [6, 6.07) is 18.2. The Bertz CT molecular complexity index is 933. The highest BCUT2D eigenvalue weighted by molar-refractivity contribution is 6.11. The molecule has 0 aliphatic carbocycles. The lowest BCUT2D eigenvalue weighted by Gasteiger charge is -2.39. The predicted molar refractivity (Wildman–Crippen MR) is 111 cm³/mol. The average Bonchev–Trinajstić information content (AvgIpc) is 2.97. The molecule has 1 aromatic heterocycles. The number of aromatic amines is 1. The van der Waals surface area contributed by atoms with Gasteiger partial charge in [0.25, 0.3) is 0 Å². The van der Waals surface area contributed by atoms with Gasteiger partial charge in [0.15, 0.2) is 5.78 Å². The Morgan fingerprint density at radius 3 is 2.33 bits per heavy atom. The number of piperidine rings is 1. The van der Waals surface area contributed by atoms with Crippen molar-refractivity contribution in [2.45, 2.75) is 33.2 Å². The van der Waals surface area contributed by atoms with Gasteiger partial charge in [-0.3, -0.25) is 9.69 Å². The number of hydrogen-bond acceptors (Lipinski definition) is 2. The second-order valence-electron chi connectivity index (χ2n) is 8.25. The third-order valence-corrected chi connectivity index (χ3v) is 5.77. The van der Waals surface area contributed by atoms with Crippen LogP contribution in [0.3, 0.4) is 0 Å². The molecule has 3 atom stereocenters. The summed E-state index contributed by atoms with van der Waals surface area (Å²) < 4.78 is 0. The van der Waals surface area contributed by atoms with E-state index in [0.717, 1.165) is 40.8 Å². The quantitative estimate of drug-likeness (QED) is 0.634. The van der Waals surface area contributed by atoms with E-state index in [1.54, 1.807) is 0 Å². The third-order valence-electron chi connectivity index (χ3n) is 5.77. The van der Waals surface area contributed by atoms with Crippen molar-refractivity contribution in [1.82, 2.24) is 9.88 Å². The first-order valence-corrected chi connectivity index (χ1v) is 9.95. The van der Waals surface area contributed by atoms with Gasteiger partial charge >= 0.3 is 0 Å². The lowest BCUT2D eigenvalue weighted by atomic mass is 9.87. The molecule has 3 heteroatoms. The molecule has 27 heavy (non-hydrogen) atoms. The molecule has 0 amide bonds. The number of Topliss-reactive ketones (excluding diaryl/α,β-unsaturated/α-hetero) is 1. The number of hydrogen-bond donors (Lipinski definition) is 1. The largest absolute Gasteiger partial charge is 0.358 e. The Morgan fingerprint density at radius 1 is 1.00 bits per heavy atom. The summed E-state index contributed by atoms with van der Waals surface area (Å²) >= 11 is 0. The van der Waals surface area contributed by atoms with E-state index in [1.165, 1.54) is 6.42 Å². The molecule has 0 bridgehead atoms. The van der Waals surface area contributed by atoms with Crippen molar-refractivity contribution < 1.29 is 4.79 Å². The normalized spacial score (nSPS) is 22.0. The Labute approximate surface area is 161 Å². The van der Waals surface area contributed by atoms with Gasteiger partial charge in [-0.2, -0.15) is 0 Å². The highest BCUT2D eigenvalue weighted by Crippen LogP contribution is 2.34. The highest BCUT2D eigenvalue weighted by Gasteiger charge is 2.34. The van der Waals surface area contributed by atoms with Crippen molar-refractivity contribution in [3.05, 3.63) is 71.4 Å². The summed E-state index contributed by atoms with van der Waals surface area (Å²) in [6.07, 6.45) is 1.23. The maximum atomic E-state index is 13.9. The molecule has 1 saturated heterocycles. The van der Waals surface area contributed by atoms with E-state index < -0.39 is 0 Å². The van der Waals surface area contributed by atoms with Crippen LogP contribution in [0, 0.1) is 18.8 Å². The smallest absolute Gasteiger partial charge is 0.186 e. The van der Waals surface area contributed by atoms with Crippen LogP contribution in [-0.2, 0) is 0 Å². The SMILES string of the molecule is Cc1[nH]c2ccccc2c1C(=O)[C@@H](c1ccccc1)N1C[C@H](C)C[C@H](C)C1. The van der Waals surface area contributed by atoms with Crippen LogP contribution in [0.4, 0.5) is 0 Å².